The molecule has 2 aromatic carbocycles. The van der Waals surface area contributed by atoms with Gasteiger partial charge in [0.05, 0.1) is 6.61 Å². The summed E-state index contributed by atoms with van der Waals surface area (Å²) in [6.45, 7) is 0.409. The molecule has 3 aromatic rings. The maximum Gasteiger partial charge on any atom is 0.259 e. The number of nitrogens with one attached hydrogen (secondary N) is 2. The monoisotopic (exact) mass is 437 g/mol. The summed E-state index contributed by atoms with van der Waals surface area (Å²) in [5.41, 5.74) is 6.86. The van der Waals surface area contributed by atoms with Crippen molar-refractivity contribution in [2.24, 2.45) is 12.8 Å². The fraction of sp³-hybridized carbons (Fsp3) is 0.227. The third-order valence-corrected chi connectivity index (χ3v) is 5.40. The summed E-state index contributed by atoms with van der Waals surface area (Å²) in [6.07, 6.45) is -1.33. The molecule has 1 fully saturated rings. The number of aliphatic hydroxyl groups excluding tert-OH is 1. The Morgan fingerprint density at radius 1 is 1.28 bits per heavy atom. The van der Waals surface area contributed by atoms with Gasteiger partial charge in [-0.25, -0.2) is 0 Å². The summed E-state index contributed by atoms with van der Waals surface area (Å²) < 4.78 is 7.01. The molecule has 1 aromatic heterocycles. The van der Waals surface area contributed by atoms with E-state index in [1.165, 1.54) is 4.90 Å². The first-order valence-electron chi connectivity index (χ1n) is 9.90. The Labute approximate surface area is 183 Å². The summed E-state index contributed by atoms with van der Waals surface area (Å²) in [4.78, 5) is 27.0. The molecule has 1 saturated heterocycles. The van der Waals surface area contributed by atoms with Crippen molar-refractivity contribution in [3.05, 3.63) is 54.2 Å². The second kappa shape index (κ2) is 8.33. The average molecular weight is 437 g/mol. The van der Waals surface area contributed by atoms with Crippen LogP contribution in [-0.4, -0.2) is 57.8 Å². The van der Waals surface area contributed by atoms with Crippen molar-refractivity contribution < 1.29 is 24.5 Å². The average Bonchev–Trinajstić information content (AvgIpc) is 3.06. The first kappa shape index (κ1) is 21.3. The van der Waals surface area contributed by atoms with Gasteiger partial charge in [-0.15, -0.1) is 0 Å². The highest BCUT2D eigenvalue weighted by Gasteiger charge is 2.39. The summed E-state index contributed by atoms with van der Waals surface area (Å²) >= 11 is 0. The normalized spacial score (nSPS) is 17.4. The van der Waals surface area contributed by atoms with Gasteiger partial charge in [0.1, 0.15) is 5.84 Å². The number of hydrogen-bond donors (Lipinski definition) is 5. The van der Waals surface area contributed by atoms with Gasteiger partial charge in [0.2, 0.25) is 0 Å². The number of hydrogen-bond acceptors (Lipinski definition) is 6. The lowest BCUT2D eigenvalue weighted by Crippen LogP contribution is -2.55. The van der Waals surface area contributed by atoms with Gasteiger partial charge in [0.25, 0.3) is 11.8 Å². The van der Waals surface area contributed by atoms with E-state index in [4.69, 9.17) is 15.9 Å². The van der Waals surface area contributed by atoms with E-state index < -0.39 is 24.0 Å². The molecule has 6 N–H and O–H groups in total. The zero-order valence-electron chi connectivity index (χ0n) is 17.3. The van der Waals surface area contributed by atoms with Gasteiger partial charge in [-0.3, -0.25) is 15.0 Å². The first-order valence-corrected chi connectivity index (χ1v) is 9.90. The second-order valence-electron chi connectivity index (χ2n) is 7.54. The summed E-state index contributed by atoms with van der Waals surface area (Å²) in [5, 5.41) is 31.9. The smallest absolute Gasteiger partial charge is 0.259 e. The van der Waals surface area contributed by atoms with Crippen LogP contribution >= 0.6 is 0 Å². The van der Waals surface area contributed by atoms with Gasteiger partial charge in [0, 0.05) is 47.5 Å². The number of aryl methyl sites for hydroxylation is 1. The minimum absolute atomic E-state index is 0.104. The molecule has 2 heterocycles. The molecule has 10 nitrogen and oxygen atoms in total. The fourth-order valence-corrected chi connectivity index (χ4v) is 3.66. The molecule has 0 radical (unpaired) electrons. The standard InChI is InChI=1S/C22H23N5O5/c1-26-11-13-10-15(6-7-16(13)21(26)30)27-8-9-32-18(22(27)31)17(28)20(29)25-14-4-2-12(3-5-14)19(23)24/h2-7,10-11,17-18,28,30H,8-9H2,1H3,(H3,23,24)(H,25,29)/t17-,18-/m1/s1. The number of nitrogens with two attached hydrogens (primary N) is 1. The molecule has 0 unspecified atom stereocenters. The predicted octanol–water partition coefficient (Wildman–Crippen LogP) is 0.899. The number of carbonyl (C=O) groups is 2. The third-order valence-electron chi connectivity index (χ3n) is 5.40. The Balaban J connectivity index is 1.49. The number of fused-ring (bicyclic) bond motifs is 1. The molecular formula is C22H23N5O5. The van der Waals surface area contributed by atoms with Crippen molar-refractivity contribution >= 4 is 39.8 Å². The number of benzene rings is 2. The number of rotatable bonds is 5. The Morgan fingerprint density at radius 3 is 2.69 bits per heavy atom. The summed E-state index contributed by atoms with van der Waals surface area (Å²) in [5.74, 6) is -1.30. The number of nitrogens with zero attached hydrogens (tertiary/aromatic N) is 2. The second-order valence-corrected chi connectivity index (χ2v) is 7.54. The highest BCUT2D eigenvalue weighted by Crippen LogP contribution is 2.31. The molecule has 1 aliphatic heterocycles. The van der Waals surface area contributed by atoms with E-state index in [-0.39, 0.29) is 24.9 Å². The fourth-order valence-electron chi connectivity index (χ4n) is 3.66. The number of carbonyl (C=O) groups excluding carboxylic acids is 2. The topological polar surface area (TPSA) is 154 Å². The van der Waals surface area contributed by atoms with Crippen LogP contribution in [0.1, 0.15) is 5.56 Å². The summed E-state index contributed by atoms with van der Waals surface area (Å²) in [7, 11) is 1.72. The lowest BCUT2D eigenvalue weighted by molar-refractivity contribution is -0.150. The van der Waals surface area contributed by atoms with E-state index in [1.807, 2.05) is 0 Å². The van der Waals surface area contributed by atoms with E-state index in [2.05, 4.69) is 5.32 Å². The number of aromatic nitrogens is 1. The first-order chi connectivity index (χ1) is 15.3. The Kier molecular flexibility index (Phi) is 5.56. The Bertz CT molecular complexity index is 1200. The van der Waals surface area contributed by atoms with E-state index >= 15 is 0 Å². The number of morpholine rings is 1. The molecule has 166 valence electrons. The zero-order valence-corrected chi connectivity index (χ0v) is 17.3. The Hall–Kier alpha value is -3.89. The van der Waals surface area contributed by atoms with Crippen LogP contribution in [0.4, 0.5) is 11.4 Å². The number of aromatic hydroxyl groups is 1. The molecule has 0 saturated carbocycles. The minimum Gasteiger partial charge on any atom is -0.494 e. The molecule has 0 aliphatic carbocycles. The van der Waals surface area contributed by atoms with Crippen LogP contribution in [0.25, 0.3) is 10.8 Å². The largest absolute Gasteiger partial charge is 0.494 e. The molecule has 0 spiro atoms. The predicted molar refractivity (Wildman–Crippen MR) is 119 cm³/mol. The van der Waals surface area contributed by atoms with Gasteiger partial charge in [-0.1, -0.05) is 0 Å². The van der Waals surface area contributed by atoms with Crippen LogP contribution in [0.2, 0.25) is 0 Å². The van der Waals surface area contributed by atoms with Crippen LogP contribution < -0.4 is 16.0 Å². The third kappa shape index (κ3) is 3.88. The van der Waals surface area contributed by atoms with Gasteiger partial charge in [0.15, 0.2) is 18.1 Å². The minimum atomic E-state index is -1.72. The number of amides is 2. The van der Waals surface area contributed by atoms with Crippen molar-refractivity contribution in [3.63, 3.8) is 0 Å². The molecular weight excluding hydrogens is 414 g/mol. The maximum atomic E-state index is 13.0. The summed E-state index contributed by atoms with van der Waals surface area (Å²) in [6, 6.07) is 11.4. The van der Waals surface area contributed by atoms with Crippen LogP contribution in [0.5, 0.6) is 5.88 Å². The molecule has 1 aliphatic rings. The van der Waals surface area contributed by atoms with E-state index in [1.54, 1.807) is 60.3 Å². The molecule has 4 rings (SSSR count). The SMILES string of the molecule is Cn1cc2cc(N3CCO[C@H]([C@@H](O)C(=O)Nc4ccc(C(=N)N)cc4)C3=O)ccc2c1O. The maximum absolute atomic E-state index is 13.0. The lowest BCUT2D eigenvalue weighted by atomic mass is 10.1. The highest BCUT2D eigenvalue weighted by atomic mass is 16.5. The number of ether oxygens (including phenoxy) is 1. The van der Waals surface area contributed by atoms with E-state index in [0.717, 1.165) is 5.39 Å². The molecule has 2 amide bonds. The van der Waals surface area contributed by atoms with Crippen LogP contribution in [-0.2, 0) is 21.4 Å². The van der Waals surface area contributed by atoms with Crippen molar-refractivity contribution in [2.75, 3.05) is 23.4 Å². The van der Waals surface area contributed by atoms with Crippen LogP contribution in [0.15, 0.2) is 48.7 Å². The van der Waals surface area contributed by atoms with Crippen molar-refractivity contribution in [1.82, 2.24) is 4.57 Å². The van der Waals surface area contributed by atoms with E-state index in [9.17, 15) is 19.8 Å². The van der Waals surface area contributed by atoms with Gasteiger partial charge in [-0.05, 0) is 42.5 Å². The lowest BCUT2D eigenvalue weighted by Gasteiger charge is -2.34. The van der Waals surface area contributed by atoms with Gasteiger partial charge < -0.3 is 35.5 Å². The number of amidine groups is 1. The number of nitrogen functional groups attached to an aromatic ring is 1. The molecule has 32 heavy (non-hydrogen) atoms. The molecule has 2 atom stereocenters. The van der Waals surface area contributed by atoms with Gasteiger partial charge >= 0.3 is 0 Å². The van der Waals surface area contributed by atoms with Crippen molar-refractivity contribution in [3.8, 4) is 5.88 Å². The van der Waals surface area contributed by atoms with E-state index in [0.29, 0.717) is 22.3 Å². The Morgan fingerprint density at radius 2 is 2.00 bits per heavy atom. The number of aliphatic hydroxyl groups is 1. The number of anilines is 2. The van der Waals surface area contributed by atoms with Crippen LogP contribution in [0.3, 0.4) is 0 Å². The zero-order chi connectivity index (χ0) is 23.0. The van der Waals surface area contributed by atoms with Crippen LogP contribution in [0, 0.1) is 5.41 Å². The molecule has 0 bridgehead atoms. The quantitative estimate of drug-likeness (QED) is 0.295. The van der Waals surface area contributed by atoms with Gasteiger partial charge in [-0.2, -0.15) is 0 Å². The molecule has 10 heteroatoms. The van der Waals surface area contributed by atoms with Crippen molar-refractivity contribution in [2.45, 2.75) is 12.2 Å². The van der Waals surface area contributed by atoms with Crippen molar-refractivity contribution in [1.29, 1.82) is 5.41 Å². The highest BCUT2D eigenvalue weighted by molar-refractivity contribution is 6.05.